The van der Waals surface area contributed by atoms with E-state index in [2.05, 4.69) is 10.3 Å². The second kappa shape index (κ2) is 5.74. The SMILES string of the molecule is N#CC(NC(=O)c1ccc(F)cc1)c1ccccn1. The van der Waals surface area contributed by atoms with Crippen LogP contribution in [0.1, 0.15) is 22.1 Å². The fourth-order valence-electron chi connectivity index (χ4n) is 1.53. The number of rotatable bonds is 3. The van der Waals surface area contributed by atoms with Crippen LogP contribution in [-0.4, -0.2) is 10.9 Å². The highest BCUT2D eigenvalue weighted by Gasteiger charge is 2.15. The van der Waals surface area contributed by atoms with Crippen molar-refractivity contribution >= 4 is 5.91 Å². The minimum absolute atomic E-state index is 0.289. The number of nitriles is 1. The molecule has 4 nitrogen and oxygen atoms in total. The summed E-state index contributed by atoms with van der Waals surface area (Å²) in [5.74, 6) is -0.865. The summed E-state index contributed by atoms with van der Waals surface area (Å²) in [5.41, 5.74) is 0.748. The van der Waals surface area contributed by atoms with Crippen molar-refractivity contribution in [2.75, 3.05) is 0 Å². The van der Waals surface area contributed by atoms with Crippen LogP contribution in [0, 0.1) is 17.1 Å². The van der Waals surface area contributed by atoms with Crippen LogP contribution in [0.4, 0.5) is 4.39 Å². The van der Waals surface area contributed by atoms with Gasteiger partial charge in [-0.1, -0.05) is 6.07 Å². The molecular weight excluding hydrogens is 245 g/mol. The summed E-state index contributed by atoms with van der Waals surface area (Å²) in [5, 5.41) is 11.6. The van der Waals surface area contributed by atoms with Gasteiger partial charge in [-0.15, -0.1) is 0 Å². The highest BCUT2D eigenvalue weighted by molar-refractivity contribution is 5.94. The Morgan fingerprint density at radius 1 is 1.26 bits per heavy atom. The molecule has 2 rings (SSSR count). The van der Waals surface area contributed by atoms with Gasteiger partial charge < -0.3 is 5.32 Å². The molecule has 0 saturated carbocycles. The smallest absolute Gasteiger partial charge is 0.252 e. The van der Waals surface area contributed by atoms with E-state index in [0.717, 1.165) is 0 Å². The molecule has 1 N–H and O–H groups in total. The Bertz CT molecular complexity index is 605. The zero-order valence-corrected chi connectivity index (χ0v) is 9.88. The molecule has 1 unspecified atom stereocenters. The predicted octanol–water partition coefficient (Wildman–Crippen LogP) is 2.22. The third-order valence-electron chi connectivity index (χ3n) is 2.49. The average Bonchev–Trinajstić information content (AvgIpc) is 2.46. The van der Waals surface area contributed by atoms with Gasteiger partial charge in [0.25, 0.3) is 5.91 Å². The lowest BCUT2D eigenvalue weighted by molar-refractivity contribution is 0.0944. The number of hydrogen-bond acceptors (Lipinski definition) is 3. The molecule has 1 aromatic heterocycles. The summed E-state index contributed by atoms with van der Waals surface area (Å²) in [6.45, 7) is 0. The van der Waals surface area contributed by atoms with Crippen molar-refractivity contribution in [3.8, 4) is 6.07 Å². The number of benzene rings is 1. The van der Waals surface area contributed by atoms with Gasteiger partial charge in [0.1, 0.15) is 5.82 Å². The van der Waals surface area contributed by atoms with Crippen LogP contribution >= 0.6 is 0 Å². The monoisotopic (exact) mass is 255 g/mol. The maximum absolute atomic E-state index is 12.7. The molecule has 1 aromatic carbocycles. The summed E-state index contributed by atoms with van der Waals surface area (Å²) in [7, 11) is 0. The number of amides is 1. The van der Waals surface area contributed by atoms with Gasteiger partial charge in [-0.25, -0.2) is 4.39 Å². The summed E-state index contributed by atoms with van der Waals surface area (Å²) >= 11 is 0. The van der Waals surface area contributed by atoms with Crippen molar-refractivity contribution in [3.63, 3.8) is 0 Å². The summed E-state index contributed by atoms with van der Waals surface area (Å²) in [6, 6.07) is 11.3. The molecule has 5 heteroatoms. The largest absolute Gasteiger partial charge is 0.331 e. The summed E-state index contributed by atoms with van der Waals surface area (Å²) in [4.78, 5) is 15.9. The van der Waals surface area contributed by atoms with Gasteiger partial charge in [-0.05, 0) is 36.4 Å². The van der Waals surface area contributed by atoms with E-state index < -0.39 is 17.8 Å². The predicted molar refractivity (Wildman–Crippen MR) is 66.5 cm³/mol. The minimum Gasteiger partial charge on any atom is -0.331 e. The molecule has 0 aliphatic rings. The third-order valence-corrected chi connectivity index (χ3v) is 2.49. The van der Waals surface area contributed by atoms with E-state index >= 15 is 0 Å². The number of halogens is 1. The topological polar surface area (TPSA) is 65.8 Å². The highest BCUT2D eigenvalue weighted by Crippen LogP contribution is 2.10. The molecule has 0 aliphatic heterocycles. The Balaban J connectivity index is 2.13. The van der Waals surface area contributed by atoms with Crippen molar-refractivity contribution in [3.05, 3.63) is 65.7 Å². The van der Waals surface area contributed by atoms with Crippen molar-refractivity contribution in [1.29, 1.82) is 5.26 Å². The van der Waals surface area contributed by atoms with Gasteiger partial charge >= 0.3 is 0 Å². The normalized spacial score (nSPS) is 11.4. The van der Waals surface area contributed by atoms with Crippen LogP contribution in [0.25, 0.3) is 0 Å². The van der Waals surface area contributed by atoms with Crippen LogP contribution in [0.2, 0.25) is 0 Å². The molecule has 0 radical (unpaired) electrons. The van der Waals surface area contributed by atoms with Crippen LogP contribution < -0.4 is 5.32 Å². The second-order valence-electron chi connectivity index (χ2n) is 3.80. The van der Waals surface area contributed by atoms with E-state index in [1.807, 2.05) is 6.07 Å². The lowest BCUT2D eigenvalue weighted by atomic mass is 10.1. The number of hydrogen-bond donors (Lipinski definition) is 1. The van der Waals surface area contributed by atoms with E-state index in [9.17, 15) is 9.18 Å². The molecule has 0 bridgehead atoms. The molecule has 1 amide bonds. The van der Waals surface area contributed by atoms with Crippen LogP contribution in [0.3, 0.4) is 0 Å². The van der Waals surface area contributed by atoms with Crippen molar-refractivity contribution in [1.82, 2.24) is 10.3 Å². The van der Waals surface area contributed by atoms with Crippen molar-refractivity contribution in [2.45, 2.75) is 6.04 Å². The first-order valence-electron chi connectivity index (χ1n) is 5.57. The van der Waals surface area contributed by atoms with Gasteiger partial charge in [0, 0.05) is 11.8 Å². The minimum atomic E-state index is -0.834. The maximum atomic E-state index is 12.7. The van der Waals surface area contributed by atoms with Crippen LogP contribution in [0.15, 0.2) is 48.7 Å². The van der Waals surface area contributed by atoms with E-state index in [4.69, 9.17) is 5.26 Å². The molecule has 1 heterocycles. The van der Waals surface area contributed by atoms with E-state index in [-0.39, 0.29) is 5.56 Å². The van der Waals surface area contributed by atoms with E-state index in [0.29, 0.717) is 5.69 Å². The molecule has 19 heavy (non-hydrogen) atoms. The first-order chi connectivity index (χ1) is 9.20. The molecule has 0 spiro atoms. The Labute approximate surface area is 109 Å². The summed E-state index contributed by atoms with van der Waals surface area (Å²) in [6.07, 6.45) is 1.55. The molecular formula is C14H10FN3O. The van der Waals surface area contributed by atoms with Gasteiger partial charge in [-0.2, -0.15) is 5.26 Å². The molecule has 94 valence electrons. The summed E-state index contributed by atoms with van der Waals surface area (Å²) < 4.78 is 12.7. The maximum Gasteiger partial charge on any atom is 0.252 e. The Hall–Kier alpha value is -2.74. The molecule has 0 fully saturated rings. The van der Waals surface area contributed by atoms with Crippen molar-refractivity contribution < 1.29 is 9.18 Å². The average molecular weight is 255 g/mol. The second-order valence-corrected chi connectivity index (χ2v) is 3.80. The van der Waals surface area contributed by atoms with Gasteiger partial charge in [0.15, 0.2) is 6.04 Å². The number of pyridine rings is 1. The number of carbonyl (C=O) groups is 1. The fraction of sp³-hybridized carbons (Fsp3) is 0.0714. The molecule has 0 aliphatic carbocycles. The number of carbonyl (C=O) groups excluding carboxylic acids is 1. The lowest BCUT2D eigenvalue weighted by Crippen LogP contribution is -2.28. The van der Waals surface area contributed by atoms with Gasteiger partial charge in [-0.3, -0.25) is 9.78 Å². The highest BCUT2D eigenvalue weighted by atomic mass is 19.1. The zero-order valence-electron chi connectivity index (χ0n) is 9.88. The fourth-order valence-corrected chi connectivity index (χ4v) is 1.53. The Morgan fingerprint density at radius 3 is 2.58 bits per heavy atom. The molecule has 1 atom stereocenters. The quantitative estimate of drug-likeness (QED) is 0.914. The van der Waals surface area contributed by atoms with Crippen LogP contribution in [-0.2, 0) is 0 Å². The zero-order chi connectivity index (χ0) is 13.7. The standard InChI is InChI=1S/C14H10FN3O/c15-11-6-4-10(5-7-11)14(19)18-13(9-16)12-3-1-2-8-17-12/h1-8,13H,(H,18,19). The molecule has 2 aromatic rings. The lowest BCUT2D eigenvalue weighted by Gasteiger charge is -2.10. The Morgan fingerprint density at radius 2 is 2.00 bits per heavy atom. The number of nitrogens with zero attached hydrogens (tertiary/aromatic N) is 2. The number of aromatic nitrogens is 1. The Kier molecular flexibility index (Phi) is 3.84. The first-order valence-corrected chi connectivity index (χ1v) is 5.57. The third kappa shape index (κ3) is 3.13. The van der Waals surface area contributed by atoms with Crippen molar-refractivity contribution in [2.24, 2.45) is 0 Å². The van der Waals surface area contributed by atoms with E-state index in [1.54, 1.807) is 24.4 Å². The van der Waals surface area contributed by atoms with Gasteiger partial charge in [0.2, 0.25) is 0 Å². The van der Waals surface area contributed by atoms with E-state index in [1.165, 1.54) is 24.3 Å². The first kappa shape index (κ1) is 12.7. The molecule has 0 saturated heterocycles. The van der Waals surface area contributed by atoms with Gasteiger partial charge in [0.05, 0.1) is 11.8 Å². The van der Waals surface area contributed by atoms with Crippen LogP contribution in [0.5, 0.6) is 0 Å². The number of nitrogens with one attached hydrogen (secondary N) is 1.